The number of carbonyl (C=O) groups excluding carboxylic acids is 9. The van der Waals surface area contributed by atoms with E-state index in [9.17, 15) is 48.3 Å². The Bertz CT molecular complexity index is 2530. The molecule has 3 aliphatic heterocycles. The van der Waals surface area contributed by atoms with Crippen LogP contribution in [0.5, 0.6) is 5.75 Å². The number of aliphatic hydroxyl groups is 1. The number of nitrogens with one attached hydrogen (secondary N) is 6. The summed E-state index contributed by atoms with van der Waals surface area (Å²) in [4.78, 5) is 122. The van der Waals surface area contributed by atoms with E-state index in [1.54, 1.807) is 58.9 Å². The van der Waals surface area contributed by atoms with Gasteiger partial charge in [0.05, 0.1) is 29.7 Å². The van der Waals surface area contributed by atoms with Crippen molar-refractivity contribution in [1.29, 1.82) is 0 Å². The van der Waals surface area contributed by atoms with E-state index in [2.05, 4.69) is 31.9 Å². The van der Waals surface area contributed by atoms with Crippen molar-refractivity contribution in [2.24, 2.45) is 22.7 Å². The zero-order chi connectivity index (χ0) is 57.8. The lowest BCUT2D eigenvalue weighted by Crippen LogP contribution is -2.58. The molecule has 0 aromatic heterocycles. The molecule has 3 heterocycles. The molecule has 2 unspecified atom stereocenters. The fourth-order valence-corrected chi connectivity index (χ4v) is 9.14. The number of imide groups is 1. The van der Waals surface area contributed by atoms with Crippen LogP contribution in [0.2, 0.25) is 5.02 Å². The van der Waals surface area contributed by atoms with E-state index in [4.69, 9.17) is 30.6 Å². The number of nitrogens with zero attached hydrogens (tertiary/aromatic N) is 1. The Morgan fingerprint density at radius 1 is 0.897 bits per heavy atom. The number of ether oxygens (including phenoxy) is 3. The smallest absolute Gasteiger partial charge is 0.333 e. The number of esters is 1. The first kappa shape index (κ1) is 62.4. The molecule has 0 aliphatic carbocycles. The third-order valence-corrected chi connectivity index (χ3v) is 14.4. The first-order valence-electron chi connectivity index (χ1n) is 26.5. The Balaban J connectivity index is 1.20. The summed E-state index contributed by atoms with van der Waals surface area (Å²) in [6, 6.07) is 7.88. The molecule has 0 bridgehead atoms. The molecule has 2 aromatic rings. The number of carbonyl (C=O) groups is 9. The Kier molecular flexibility index (Phi) is 22.0. The molecule has 21 nitrogen and oxygen atoms in total. The van der Waals surface area contributed by atoms with Crippen LogP contribution < -0.4 is 36.6 Å². The van der Waals surface area contributed by atoms with Gasteiger partial charge < -0.3 is 50.7 Å². The molecular formula is C56H78ClN7O14. The quantitative estimate of drug-likeness (QED) is 0.0447. The minimum absolute atomic E-state index is 0.0391. The second-order valence-corrected chi connectivity index (χ2v) is 22.9. The van der Waals surface area contributed by atoms with Crippen LogP contribution in [0.4, 0.5) is 0 Å². The number of rotatable bonds is 19. The average molecular weight is 1110 g/mol. The first-order chi connectivity index (χ1) is 36.6. The predicted molar refractivity (Wildman–Crippen MR) is 286 cm³/mol. The van der Waals surface area contributed by atoms with Gasteiger partial charge in [-0.1, -0.05) is 89.6 Å². The molecule has 5 rings (SSSR count). The highest BCUT2D eigenvalue weighted by atomic mass is 35.5. The highest BCUT2D eigenvalue weighted by Crippen LogP contribution is 2.45. The average Bonchev–Trinajstić information content (AvgIpc) is 4.15. The SMILES string of the molecule is COc1ccc(C[C@H]2NC(O)/C=C/C[C@@H]([C@H](C)[C@H]3O[C@@H]3c3ccc(CNC(=O)[C@H](C)NC(=O)[C@@H](NC(=O)CCCC(=O)ON4C(=O)CCC4=O)C(C)C)cc3)OC(=O)[C@H](CC(C)(C)C)NC(=O)C(C)(C)C(C)NC2=O)cc1Cl. The Morgan fingerprint density at radius 3 is 2.17 bits per heavy atom. The minimum Gasteiger partial charge on any atom is -0.495 e. The van der Waals surface area contributed by atoms with Crippen LogP contribution >= 0.6 is 11.6 Å². The summed E-state index contributed by atoms with van der Waals surface area (Å²) in [7, 11) is 1.50. The van der Waals surface area contributed by atoms with Gasteiger partial charge in [-0.2, -0.15) is 0 Å². The molecule has 0 radical (unpaired) electrons. The molecule has 428 valence electrons. The summed E-state index contributed by atoms with van der Waals surface area (Å²) in [6.07, 6.45) is 0.460. The van der Waals surface area contributed by atoms with Gasteiger partial charge in [0, 0.05) is 50.6 Å². The number of benzene rings is 2. The fraction of sp³-hybridized carbons (Fsp3) is 0.589. The molecule has 0 spiro atoms. The Labute approximate surface area is 461 Å². The van der Waals surface area contributed by atoms with Gasteiger partial charge in [-0.05, 0) is 93.2 Å². The predicted octanol–water partition coefficient (Wildman–Crippen LogP) is 4.31. The molecule has 22 heteroatoms. The normalized spacial score (nSPS) is 24.7. The van der Waals surface area contributed by atoms with Crippen molar-refractivity contribution >= 4 is 64.9 Å². The van der Waals surface area contributed by atoms with Crippen molar-refractivity contribution in [3.05, 3.63) is 76.3 Å². The molecule has 2 aromatic carbocycles. The van der Waals surface area contributed by atoms with Gasteiger partial charge in [-0.25, -0.2) is 9.59 Å². The molecule has 2 fully saturated rings. The van der Waals surface area contributed by atoms with Gasteiger partial charge in [-0.15, -0.1) is 5.06 Å². The maximum absolute atomic E-state index is 14.2. The van der Waals surface area contributed by atoms with E-state index >= 15 is 0 Å². The van der Waals surface area contributed by atoms with Gasteiger partial charge in [0.2, 0.25) is 29.5 Å². The van der Waals surface area contributed by atoms with Crippen LogP contribution in [-0.4, -0.2) is 119 Å². The number of epoxide rings is 1. The van der Waals surface area contributed by atoms with Crippen molar-refractivity contribution in [3.63, 3.8) is 0 Å². The number of amides is 7. The molecule has 3 aliphatic rings. The second kappa shape index (κ2) is 27.4. The van der Waals surface area contributed by atoms with Crippen molar-refractivity contribution < 1.29 is 67.3 Å². The van der Waals surface area contributed by atoms with Gasteiger partial charge in [-0.3, -0.25) is 38.9 Å². The highest BCUT2D eigenvalue weighted by Gasteiger charge is 2.48. The number of hydrogen-bond acceptors (Lipinski definition) is 15. The topological polar surface area (TPSA) is 289 Å². The van der Waals surface area contributed by atoms with Gasteiger partial charge in [0.15, 0.2) is 0 Å². The lowest BCUT2D eigenvalue weighted by Gasteiger charge is -2.35. The van der Waals surface area contributed by atoms with Gasteiger partial charge in [0.25, 0.3) is 11.8 Å². The number of aliphatic hydroxyl groups excluding tert-OH is 1. The Morgan fingerprint density at radius 2 is 1.55 bits per heavy atom. The lowest BCUT2D eigenvalue weighted by molar-refractivity contribution is -0.197. The van der Waals surface area contributed by atoms with Crippen LogP contribution in [-0.2, 0) is 70.4 Å². The van der Waals surface area contributed by atoms with Gasteiger partial charge in [0.1, 0.15) is 42.3 Å². The lowest BCUT2D eigenvalue weighted by atomic mass is 9.82. The summed E-state index contributed by atoms with van der Waals surface area (Å²) >= 11 is 6.42. The van der Waals surface area contributed by atoms with Crippen LogP contribution in [0.15, 0.2) is 54.6 Å². The number of halogens is 1. The van der Waals surface area contributed by atoms with Crippen molar-refractivity contribution in [1.82, 2.24) is 37.0 Å². The Hall–Kier alpha value is -6.42. The minimum atomic E-state index is -1.31. The third kappa shape index (κ3) is 17.8. The largest absolute Gasteiger partial charge is 0.495 e. The molecule has 2 saturated heterocycles. The van der Waals surface area contributed by atoms with E-state index in [1.165, 1.54) is 20.1 Å². The van der Waals surface area contributed by atoms with Crippen LogP contribution in [0, 0.1) is 22.7 Å². The van der Waals surface area contributed by atoms with Crippen molar-refractivity contribution in [2.75, 3.05) is 7.11 Å². The summed E-state index contributed by atoms with van der Waals surface area (Å²) in [5.74, 6) is -5.46. The number of cyclic esters (lactones) is 1. The van der Waals surface area contributed by atoms with E-state index in [0.717, 1.165) is 11.1 Å². The molecule has 7 N–H and O–H groups in total. The second-order valence-electron chi connectivity index (χ2n) is 22.5. The van der Waals surface area contributed by atoms with Crippen molar-refractivity contribution in [3.8, 4) is 5.75 Å². The van der Waals surface area contributed by atoms with Crippen molar-refractivity contribution in [2.45, 2.75) is 182 Å². The van der Waals surface area contributed by atoms with E-state index < -0.39 is 107 Å². The molecule has 78 heavy (non-hydrogen) atoms. The fourth-order valence-electron chi connectivity index (χ4n) is 8.86. The maximum Gasteiger partial charge on any atom is 0.333 e. The highest BCUT2D eigenvalue weighted by molar-refractivity contribution is 6.32. The van der Waals surface area contributed by atoms with Crippen LogP contribution in [0.3, 0.4) is 0 Å². The molecular weight excluding hydrogens is 1030 g/mol. The number of methoxy groups -OCH3 is 1. The van der Waals surface area contributed by atoms with Crippen LogP contribution in [0.25, 0.3) is 0 Å². The van der Waals surface area contributed by atoms with Crippen LogP contribution in [0.1, 0.15) is 137 Å². The summed E-state index contributed by atoms with van der Waals surface area (Å²) in [5, 5.41) is 29.1. The molecule has 7 amide bonds. The monoisotopic (exact) mass is 1110 g/mol. The zero-order valence-electron chi connectivity index (χ0n) is 46.5. The standard InChI is InChI=1S/C56H78ClN7O14/c1-30(2)47(63-43(66)16-13-17-46(69)78-64-44(67)24-25-45(64)68)52(72)59-32(4)50(70)58-29-34-18-21-36(22-19-34)49-48(77-49)31(3)40-14-12-15-42(65)61-38(27-35-20-23-41(75-11)37(57)26-35)51(71)60-33(5)56(9,10)54(74)62-39(53(73)76-40)28-55(6,7)8/h12,15,18-23,26,30-33,38-40,42,47-49,61,65H,13-14,16-17,24-25,27-29H2,1-11H3,(H,58,70)(H,59,72)(H,60,71)(H,62,74)(H,63,66)/b15-12+/t31-,32-,33?,38+,39-,40-,42?,47-,48+,49+/m0/s1. The molecule has 0 saturated carbocycles. The number of hydrogen-bond donors (Lipinski definition) is 7. The summed E-state index contributed by atoms with van der Waals surface area (Å²) in [5.41, 5.74) is 0.679. The maximum atomic E-state index is 14.2. The summed E-state index contributed by atoms with van der Waals surface area (Å²) in [6.45, 7) is 17.9. The van der Waals surface area contributed by atoms with E-state index in [-0.39, 0.29) is 82.0 Å². The zero-order valence-corrected chi connectivity index (χ0v) is 47.2. The number of hydroxylamine groups is 2. The van der Waals surface area contributed by atoms with Gasteiger partial charge >= 0.3 is 11.9 Å². The molecule has 10 atom stereocenters. The van der Waals surface area contributed by atoms with E-state index in [0.29, 0.717) is 21.4 Å². The third-order valence-electron chi connectivity index (χ3n) is 14.1. The van der Waals surface area contributed by atoms with E-state index in [1.807, 2.05) is 52.0 Å². The first-order valence-corrected chi connectivity index (χ1v) is 26.9. The summed E-state index contributed by atoms with van der Waals surface area (Å²) < 4.78 is 17.8.